The molecule has 1 aliphatic heterocycles. The van der Waals surface area contributed by atoms with E-state index in [0.29, 0.717) is 6.61 Å². The summed E-state index contributed by atoms with van der Waals surface area (Å²) in [6.45, 7) is 4.80. The summed E-state index contributed by atoms with van der Waals surface area (Å²) >= 11 is 0. The number of azide groups is 1. The lowest BCUT2D eigenvalue weighted by Crippen LogP contribution is -2.31. The van der Waals surface area contributed by atoms with Gasteiger partial charge in [-0.25, -0.2) is 0 Å². The predicted molar refractivity (Wildman–Crippen MR) is 85.3 cm³/mol. The van der Waals surface area contributed by atoms with Crippen molar-refractivity contribution in [2.75, 3.05) is 13.2 Å². The lowest BCUT2D eigenvalue weighted by Gasteiger charge is -2.27. The van der Waals surface area contributed by atoms with Gasteiger partial charge in [-0.2, -0.15) is 0 Å². The van der Waals surface area contributed by atoms with E-state index >= 15 is 0 Å². The molecule has 1 unspecified atom stereocenters. The van der Waals surface area contributed by atoms with Gasteiger partial charge in [0, 0.05) is 10.5 Å². The highest BCUT2D eigenvalue weighted by Crippen LogP contribution is 2.42. The van der Waals surface area contributed by atoms with Crippen LogP contribution in [0.5, 0.6) is 11.5 Å². The van der Waals surface area contributed by atoms with Gasteiger partial charge in [0.2, 0.25) is 0 Å². The molecule has 2 aromatic carbocycles. The van der Waals surface area contributed by atoms with E-state index < -0.39 is 0 Å². The fourth-order valence-corrected chi connectivity index (χ4v) is 2.59. The molecular weight excluding hydrogens is 278 g/mol. The molecule has 1 atom stereocenters. The molecule has 0 aromatic heterocycles. The van der Waals surface area contributed by atoms with Gasteiger partial charge in [0.1, 0.15) is 12.7 Å². The molecule has 22 heavy (non-hydrogen) atoms. The highest BCUT2D eigenvalue weighted by molar-refractivity contribution is 5.76. The summed E-state index contributed by atoms with van der Waals surface area (Å²) in [4.78, 5) is 2.78. The Bertz CT molecular complexity index is 752. The van der Waals surface area contributed by atoms with E-state index in [1.54, 1.807) is 0 Å². The van der Waals surface area contributed by atoms with Gasteiger partial charge in [0.25, 0.3) is 0 Å². The molecule has 112 valence electrons. The van der Waals surface area contributed by atoms with Gasteiger partial charge in [0.05, 0.1) is 6.54 Å². The number of nitrogens with zero attached hydrogens (tertiary/aromatic N) is 3. The number of ether oxygens (including phenoxy) is 2. The predicted octanol–water partition coefficient (Wildman–Crippen LogP) is 4.42. The van der Waals surface area contributed by atoms with Crippen molar-refractivity contribution in [3.8, 4) is 22.6 Å². The van der Waals surface area contributed by atoms with Crippen LogP contribution < -0.4 is 9.47 Å². The minimum atomic E-state index is -0.255. The first-order valence-electron chi connectivity index (χ1n) is 7.20. The maximum Gasteiger partial charge on any atom is 0.169 e. The van der Waals surface area contributed by atoms with Crippen molar-refractivity contribution in [3.63, 3.8) is 0 Å². The summed E-state index contributed by atoms with van der Waals surface area (Å²) in [6, 6.07) is 12.2. The van der Waals surface area contributed by atoms with Crippen LogP contribution >= 0.6 is 0 Å². The molecule has 0 bridgehead atoms. The summed E-state index contributed by atoms with van der Waals surface area (Å²) in [5, 5.41) is 3.58. The fraction of sp³-hybridized carbons (Fsp3) is 0.294. The number of fused-ring (bicyclic) bond motifs is 1. The highest BCUT2D eigenvalue weighted by Gasteiger charge is 2.24. The van der Waals surface area contributed by atoms with Crippen LogP contribution in [0.3, 0.4) is 0 Å². The number of rotatable bonds is 3. The van der Waals surface area contributed by atoms with Crippen molar-refractivity contribution >= 4 is 0 Å². The molecule has 0 saturated carbocycles. The molecule has 0 amide bonds. The second-order valence-electron chi connectivity index (χ2n) is 5.42. The molecule has 0 saturated heterocycles. The molecule has 5 heteroatoms. The van der Waals surface area contributed by atoms with E-state index in [9.17, 15) is 0 Å². The quantitative estimate of drug-likeness (QED) is 0.478. The van der Waals surface area contributed by atoms with Crippen molar-refractivity contribution < 1.29 is 9.47 Å². The largest absolute Gasteiger partial charge is 0.486 e. The monoisotopic (exact) mass is 295 g/mol. The lowest BCUT2D eigenvalue weighted by atomic mass is 9.97. The summed E-state index contributed by atoms with van der Waals surface area (Å²) in [5.41, 5.74) is 13.0. The summed E-state index contributed by atoms with van der Waals surface area (Å²) in [5.74, 6) is 1.45. The Hall–Kier alpha value is -2.65. The highest BCUT2D eigenvalue weighted by atomic mass is 16.6. The number of para-hydroxylation sites is 1. The zero-order chi connectivity index (χ0) is 15.5. The van der Waals surface area contributed by atoms with Crippen LogP contribution in [0.15, 0.2) is 41.5 Å². The van der Waals surface area contributed by atoms with Crippen molar-refractivity contribution in [2.45, 2.75) is 20.0 Å². The van der Waals surface area contributed by atoms with Crippen molar-refractivity contribution in [2.24, 2.45) is 5.11 Å². The molecule has 1 aliphatic rings. The van der Waals surface area contributed by atoms with Crippen molar-refractivity contribution in [1.29, 1.82) is 0 Å². The zero-order valence-electron chi connectivity index (χ0n) is 12.6. The summed E-state index contributed by atoms with van der Waals surface area (Å²) in [7, 11) is 0. The average molecular weight is 295 g/mol. The van der Waals surface area contributed by atoms with Gasteiger partial charge in [-0.15, -0.1) is 0 Å². The smallest absolute Gasteiger partial charge is 0.169 e. The first kappa shape index (κ1) is 14.3. The van der Waals surface area contributed by atoms with Gasteiger partial charge < -0.3 is 9.47 Å². The second-order valence-corrected chi connectivity index (χ2v) is 5.42. The maximum absolute atomic E-state index is 8.45. The molecular formula is C17H17N3O2. The molecule has 5 nitrogen and oxygen atoms in total. The van der Waals surface area contributed by atoms with E-state index in [-0.39, 0.29) is 12.6 Å². The van der Waals surface area contributed by atoms with Gasteiger partial charge in [0.15, 0.2) is 11.5 Å². The van der Waals surface area contributed by atoms with E-state index in [2.05, 4.69) is 42.1 Å². The Morgan fingerprint density at radius 2 is 2.09 bits per heavy atom. The van der Waals surface area contributed by atoms with Crippen LogP contribution in [0.4, 0.5) is 0 Å². The normalized spacial score (nSPS) is 16.0. The van der Waals surface area contributed by atoms with Gasteiger partial charge in [-0.05, 0) is 36.6 Å². The third-order valence-electron chi connectivity index (χ3n) is 3.72. The molecule has 3 rings (SSSR count). The lowest BCUT2D eigenvalue weighted by molar-refractivity contribution is 0.0977. The van der Waals surface area contributed by atoms with Crippen LogP contribution in [0, 0.1) is 13.8 Å². The van der Waals surface area contributed by atoms with Crippen LogP contribution in [-0.2, 0) is 0 Å². The zero-order valence-corrected chi connectivity index (χ0v) is 12.6. The molecule has 1 heterocycles. The first-order chi connectivity index (χ1) is 10.7. The molecule has 0 radical (unpaired) electrons. The second kappa shape index (κ2) is 6.00. The summed E-state index contributed by atoms with van der Waals surface area (Å²) < 4.78 is 11.8. The average Bonchev–Trinajstić information content (AvgIpc) is 2.54. The summed E-state index contributed by atoms with van der Waals surface area (Å²) in [6.07, 6.45) is -0.255. The molecule has 0 N–H and O–H groups in total. The van der Waals surface area contributed by atoms with Crippen molar-refractivity contribution in [1.82, 2.24) is 0 Å². The standard InChI is InChI=1S/C17H17N3O2/c1-11-6-7-12(2)15(8-11)14-4-3-5-16-17(14)22-13(10-21-16)9-19-20-18/h3-8,13H,9-10H2,1-2H3. The Morgan fingerprint density at radius 3 is 2.91 bits per heavy atom. The third kappa shape index (κ3) is 2.71. The molecule has 0 fully saturated rings. The third-order valence-corrected chi connectivity index (χ3v) is 3.72. The number of hydrogen-bond donors (Lipinski definition) is 0. The van der Waals surface area contributed by atoms with E-state index in [0.717, 1.165) is 22.6 Å². The minimum absolute atomic E-state index is 0.255. The van der Waals surface area contributed by atoms with Crippen LogP contribution in [0.2, 0.25) is 0 Å². The Morgan fingerprint density at radius 1 is 1.23 bits per heavy atom. The van der Waals surface area contributed by atoms with Gasteiger partial charge in [-0.3, -0.25) is 0 Å². The van der Waals surface area contributed by atoms with Crippen LogP contribution in [-0.4, -0.2) is 19.3 Å². The van der Waals surface area contributed by atoms with E-state index in [1.807, 2.05) is 18.2 Å². The van der Waals surface area contributed by atoms with Gasteiger partial charge in [-0.1, -0.05) is 41.0 Å². The van der Waals surface area contributed by atoms with Gasteiger partial charge >= 0.3 is 0 Å². The van der Waals surface area contributed by atoms with Crippen LogP contribution in [0.25, 0.3) is 21.6 Å². The Kier molecular flexibility index (Phi) is 3.90. The Labute approximate surface area is 129 Å². The number of aryl methyl sites for hydroxylation is 2. The topological polar surface area (TPSA) is 67.2 Å². The number of hydrogen-bond acceptors (Lipinski definition) is 3. The van der Waals surface area contributed by atoms with Crippen LogP contribution in [0.1, 0.15) is 11.1 Å². The molecule has 0 spiro atoms. The minimum Gasteiger partial charge on any atom is -0.486 e. The fourth-order valence-electron chi connectivity index (χ4n) is 2.59. The first-order valence-corrected chi connectivity index (χ1v) is 7.20. The molecule has 2 aromatic rings. The number of benzene rings is 2. The SMILES string of the molecule is Cc1ccc(C)c(-c2cccc3c2OC(CN=[N+]=[N-])CO3)c1. The maximum atomic E-state index is 8.45. The van der Waals surface area contributed by atoms with E-state index in [1.165, 1.54) is 11.1 Å². The Balaban J connectivity index is 2.04. The van der Waals surface area contributed by atoms with Crippen molar-refractivity contribution in [3.05, 3.63) is 58.0 Å². The van der Waals surface area contributed by atoms with E-state index in [4.69, 9.17) is 15.0 Å². The molecule has 0 aliphatic carbocycles.